The molecule has 0 aromatic carbocycles. The van der Waals surface area contributed by atoms with Gasteiger partial charge in [0.15, 0.2) is 0 Å². The first-order valence-corrected chi connectivity index (χ1v) is 7.25. The predicted octanol–water partition coefficient (Wildman–Crippen LogP) is 3.47. The minimum absolute atomic E-state index is 0.0130. The molecule has 0 spiro atoms. The molecule has 2 rings (SSSR count). The van der Waals surface area contributed by atoms with E-state index in [0.29, 0.717) is 11.5 Å². The topological polar surface area (TPSA) is 54.4 Å². The van der Waals surface area contributed by atoms with Gasteiger partial charge in [0.05, 0.1) is 0 Å². The fourth-order valence-electron chi connectivity index (χ4n) is 2.12. The Bertz CT molecular complexity index is 657. The molecule has 0 saturated heterocycles. The van der Waals surface area contributed by atoms with Crippen LogP contribution in [0.1, 0.15) is 30.9 Å². The second-order valence-electron chi connectivity index (χ2n) is 4.82. The normalized spacial score (nSPS) is 12.3. The first-order valence-electron chi connectivity index (χ1n) is 5.81. The van der Waals surface area contributed by atoms with Crippen molar-refractivity contribution in [3.8, 4) is 11.1 Å². The van der Waals surface area contributed by atoms with Crippen LogP contribution in [-0.4, -0.2) is 13.0 Å². The maximum Gasteiger partial charge on any atom is 0.295 e. The number of hydrogen-bond donors (Lipinski definition) is 1. The van der Waals surface area contributed by atoms with Gasteiger partial charge in [-0.25, -0.2) is 0 Å². The fourth-order valence-corrected chi connectivity index (χ4v) is 2.90. The Kier molecular flexibility index (Phi) is 3.17. The third-order valence-corrected chi connectivity index (χ3v) is 4.03. The molecule has 0 atom stereocenters. The molecule has 0 fully saturated rings. The van der Waals surface area contributed by atoms with Crippen LogP contribution in [0.2, 0.25) is 0 Å². The highest BCUT2D eigenvalue weighted by Crippen LogP contribution is 2.35. The van der Waals surface area contributed by atoms with Crippen LogP contribution in [0.15, 0.2) is 35.2 Å². The minimum Gasteiger partial charge on any atom is -0.282 e. The average Bonchev–Trinajstić information content (AvgIpc) is 2.60. The Morgan fingerprint density at radius 2 is 1.78 bits per heavy atom. The lowest BCUT2D eigenvalue weighted by Gasteiger charge is -2.03. The van der Waals surface area contributed by atoms with Gasteiger partial charge in [-0.15, -0.1) is 0 Å². The molecule has 0 radical (unpaired) electrons. The molecule has 96 valence electrons. The van der Waals surface area contributed by atoms with Crippen molar-refractivity contribution in [2.45, 2.75) is 31.6 Å². The molecule has 18 heavy (non-hydrogen) atoms. The Balaban J connectivity index is 2.77. The highest BCUT2D eigenvalue weighted by atomic mass is 32.2. The highest BCUT2D eigenvalue weighted by Gasteiger charge is 2.20. The van der Waals surface area contributed by atoms with E-state index < -0.39 is 10.1 Å². The summed E-state index contributed by atoms with van der Waals surface area (Å²) in [4.78, 5) is -0.0130. The van der Waals surface area contributed by atoms with Crippen LogP contribution in [0.5, 0.6) is 0 Å². The van der Waals surface area contributed by atoms with Gasteiger partial charge in [-0.3, -0.25) is 4.55 Å². The van der Waals surface area contributed by atoms with Crippen molar-refractivity contribution in [1.82, 2.24) is 0 Å². The summed E-state index contributed by atoms with van der Waals surface area (Å²) in [7, 11) is -4.17. The van der Waals surface area contributed by atoms with Crippen molar-refractivity contribution in [2.75, 3.05) is 0 Å². The van der Waals surface area contributed by atoms with E-state index in [2.05, 4.69) is 13.8 Å². The zero-order valence-corrected chi connectivity index (χ0v) is 11.5. The van der Waals surface area contributed by atoms with Crippen molar-refractivity contribution < 1.29 is 13.0 Å². The average molecular weight is 264 g/mol. The Morgan fingerprint density at radius 3 is 2.33 bits per heavy atom. The van der Waals surface area contributed by atoms with Gasteiger partial charge in [0.2, 0.25) is 0 Å². The number of fused-ring (bicyclic) bond motifs is 1. The van der Waals surface area contributed by atoms with Crippen LogP contribution in [0.25, 0.3) is 11.1 Å². The summed E-state index contributed by atoms with van der Waals surface area (Å²) in [5.41, 5.74) is 3.42. The Hall–Kier alpha value is -1.39. The molecule has 0 aromatic heterocycles. The molecular formula is C14H16O3S. The van der Waals surface area contributed by atoms with Gasteiger partial charge in [-0.2, -0.15) is 8.42 Å². The maximum absolute atomic E-state index is 11.3. The molecule has 0 aliphatic heterocycles. The highest BCUT2D eigenvalue weighted by molar-refractivity contribution is 7.86. The first-order chi connectivity index (χ1) is 8.30. The predicted molar refractivity (Wildman–Crippen MR) is 71.7 cm³/mol. The van der Waals surface area contributed by atoms with Crippen LogP contribution in [0, 0.1) is 6.92 Å². The number of rotatable bonds is 2. The quantitative estimate of drug-likeness (QED) is 0.845. The zero-order chi connectivity index (χ0) is 13.5. The van der Waals surface area contributed by atoms with Crippen LogP contribution < -0.4 is 0 Å². The fraction of sp³-hybridized carbons (Fsp3) is 0.286. The maximum atomic E-state index is 11.3. The van der Waals surface area contributed by atoms with Crippen LogP contribution in [-0.2, 0) is 10.1 Å². The number of hydrogen-bond acceptors (Lipinski definition) is 2. The van der Waals surface area contributed by atoms with E-state index in [1.54, 1.807) is 6.07 Å². The molecule has 3 nitrogen and oxygen atoms in total. The summed E-state index contributed by atoms with van der Waals surface area (Å²) in [6.45, 7) is 6.02. The Labute approximate surface area is 108 Å². The van der Waals surface area contributed by atoms with Crippen LogP contribution in [0.4, 0.5) is 0 Å². The molecule has 2 aliphatic carbocycles. The lowest BCUT2D eigenvalue weighted by molar-refractivity contribution is 0.484. The lowest BCUT2D eigenvalue weighted by atomic mass is 10.0. The largest absolute Gasteiger partial charge is 0.295 e. The third kappa shape index (κ3) is 2.26. The molecule has 0 heterocycles. The van der Waals surface area contributed by atoms with Crippen LogP contribution in [0.3, 0.4) is 0 Å². The van der Waals surface area contributed by atoms with Crippen molar-refractivity contribution in [3.63, 3.8) is 0 Å². The monoisotopic (exact) mass is 264 g/mol. The first kappa shape index (κ1) is 13.1. The summed E-state index contributed by atoms with van der Waals surface area (Å²) in [5, 5.41) is 0. The molecule has 0 aromatic rings. The summed E-state index contributed by atoms with van der Waals surface area (Å²) in [6.07, 6.45) is 0. The SMILES string of the molecule is Cc1ccc(C(C)C)cc2ccc(S(=O)(=O)O)c1-2. The molecule has 1 N–H and O–H groups in total. The van der Waals surface area contributed by atoms with Gasteiger partial charge in [0.1, 0.15) is 4.90 Å². The molecular weight excluding hydrogens is 248 g/mol. The van der Waals surface area contributed by atoms with Crippen molar-refractivity contribution in [2.24, 2.45) is 0 Å². The zero-order valence-electron chi connectivity index (χ0n) is 10.6. The van der Waals surface area contributed by atoms with Crippen LogP contribution >= 0.6 is 0 Å². The van der Waals surface area contributed by atoms with Gasteiger partial charge in [0.25, 0.3) is 10.1 Å². The summed E-state index contributed by atoms with van der Waals surface area (Å²) in [5.74, 6) is 0.365. The van der Waals surface area contributed by atoms with Crippen molar-refractivity contribution in [1.29, 1.82) is 0 Å². The standard InChI is InChI=1S/C14H16O3S/c1-9(2)11-5-4-10(3)14-12(8-11)6-7-13(14)18(15,16)17/h4-9H,1-3H3,(H,15,16,17). The van der Waals surface area contributed by atoms with Gasteiger partial charge >= 0.3 is 0 Å². The smallest absolute Gasteiger partial charge is 0.282 e. The number of aryl methyl sites for hydroxylation is 1. The molecule has 2 aliphatic rings. The van der Waals surface area contributed by atoms with Crippen molar-refractivity contribution in [3.05, 3.63) is 41.5 Å². The van der Waals surface area contributed by atoms with Gasteiger partial charge < -0.3 is 0 Å². The summed E-state index contributed by atoms with van der Waals surface area (Å²) >= 11 is 0. The van der Waals surface area contributed by atoms with E-state index in [0.717, 1.165) is 16.7 Å². The van der Waals surface area contributed by atoms with Gasteiger partial charge in [-0.1, -0.05) is 38.1 Å². The van der Waals surface area contributed by atoms with Gasteiger partial charge in [-0.05, 0) is 35.6 Å². The van der Waals surface area contributed by atoms with Crippen molar-refractivity contribution >= 4 is 10.1 Å². The lowest BCUT2D eigenvalue weighted by Crippen LogP contribution is -1.98. The summed E-state index contributed by atoms with van der Waals surface area (Å²) < 4.78 is 31.9. The third-order valence-electron chi connectivity index (χ3n) is 3.14. The van der Waals surface area contributed by atoms with E-state index >= 15 is 0 Å². The molecule has 0 saturated carbocycles. The van der Waals surface area contributed by atoms with E-state index in [-0.39, 0.29) is 4.90 Å². The second kappa shape index (κ2) is 4.37. The second-order valence-corrected chi connectivity index (χ2v) is 6.21. The molecule has 4 heteroatoms. The van der Waals surface area contributed by atoms with E-state index in [1.807, 2.05) is 25.1 Å². The Morgan fingerprint density at radius 1 is 1.11 bits per heavy atom. The minimum atomic E-state index is -4.17. The molecule has 0 unspecified atom stereocenters. The van der Waals surface area contributed by atoms with E-state index in [9.17, 15) is 13.0 Å². The molecule has 0 bridgehead atoms. The van der Waals surface area contributed by atoms with E-state index in [4.69, 9.17) is 0 Å². The summed E-state index contributed by atoms with van der Waals surface area (Å²) in [6, 6.07) is 9.05. The van der Waals surface area contributed by atoms with E-state index in [1.165, 1.54) is 6.07 Å². The van der Waals surface area contributed by atoms with Gasteiger partial charge in [0, 0.05) is 5.56 Å². The molecule has 0 amide bonds.